The molecule has 2 N–H and O–H groups in total. The third kappa shape index (κ3) is 2.24. The Kier molecular flexibility index (Phi) is 2.83. The highest BCUT2D eigenvalue weighted by molar-refractivity contribution is 9.10. The van der Waals surface area contributed by atoms with E-state index in [1.54, 1.807) is 12.1 Å². The number of nitrogens with zero attached hydrogens (tertiary/aromatic N) is 1. The molecule has 0 amide bonds. The lowest BCUT2D eigenvalue weighted by molar-refractivity contribution is 0.0696. The van der Waals surface area contributed by atoms with Crippen LogP contribution >= 0.6 is 15.9 Å². The van der Waals surface area contributed by atoms with Crippen LogP contribution in [0.2, 0.25) is 0 Å². The van der Waals surface area contributed by atoms with E-state index in [4.69, 9.17) is 5.11 Å². The second kappa shape index (κ2) is 4.51. The van der Waals surface area contributed by atoms with E-state index in [-0.39, 0.29) is 5.56 Å². The predicted octanol–water partition coefficient (Wildman–Crippen LogP) is 3.69. The second-order valence-electron chi connectivity index (χ2n) is 4.15. The van der Waals surface area contributed by atoms with Gasteiger partial charge in [-0.2, -0.15) is 0 Å². The summed E-state index contributed by atoms with van der Waals surface area (Å²) >= 11 is 3.43. The van der Waals surface area contributed by atoms with Crippen LogP contribution in [0.25, 0.3) is 22.3 Å². The van der Waals surface area contributed by atoms with Gasteiger partial charge in [0.15, 0.2) is 0 Å². The maximum absolute atomic E-state index is 10.8. The first-order chi connectivity index (χ1) is 9.13. The Bertz CT molecular complexity index is 763. The number of rotatable bonds is 2. The number of nitrogens with one attached hydrogen (secondary N) is 1. The van der Waals surface area contributed by atoms with Crippen LogP contribution < -0.4 is 0 Å². The molecule has 0 radical (unpaired) electrons. The van der Waals surface area contributed by atoms with Crippen molar-refractivity contribution >= 4 is 32.8 Å². The zero-order valence-electron chi connectivity index (χ0n) is 9.72. The van der Waals surface area contributed by atoms with Crippen molar-refractivity contribution in [2.75, 3.05) is 0 Å². The van der Waals surface area contributed by atoms with E-state index in [9.17, 15) is 4.79 Å². The van der Waals surface area contributed by atoms with Crippen molar-refractivity contribution in [3.8, 4) is 11.4 Å². The minimum Gasteiger partial charge on any atom is -0.478 e. The largest absolute Gasteiger partial charge is 0.478 e. The summed E-state index contributed by atoms with van der Waals surface area (Å²) in [4.78, 5) is 18.2. The van der Waals surface area contributed by atoms with E-state index >= 15 is 0 Å². The number of aromatic amines is 1. The minimum absolute atomic E-state index is 0.183. The molecule has 2 heterocycles. The van der Waals surface area contributed by atoms with Crippen molar-refractivity contribution in [3.63, 3.8) is 0 Å². The van der Waals surface area contributed by atoms with Crippen LogP contribution in [0.5, 0.6) is 0 Å². The number of carbonyl (C=O) groups is 1. The Labute approximate surface area is 117 Å². The quantitative estimate of drug-likeness (QED) is 0.757. The Balaban J connectivity index is 2.06. The minimum atomic E-state index is -0.973. The molecular formula is C14H9BrN2O2. The Hall–Kier alpha value is -2.14. The summed E-state index contributed by atoms with van der Waals surface area (Å²) in [7, 11) is 0. The molecule has 0 unspecified atom stereocenters. The lowest BCUT2D eigenvalue weighted by Crippen LogP contribution is -1.97. The fourth-order valence-electron chi connectivity index (χ4n) is 1.92. The van der Waals surface area contributed by atoms with Gasteiger partial charge < -0.3 is 10.1 Å². The summed E-state index contributed by atoms with van der Waals surface area (Å²) in [5, 5.41) is 9.92. The number of hydrogen-bond donors (Lipinski definition) is 2. The molecule has 0 fully saturated rings. The van der Waals surface area contributed by atoms with Crippen LogP contribution in [0.3, 0.4) is 0 Å². The summed E-state index contributed by atoms with van der Waals surface area (Å²) in [5.74, 6) is -0.973. The molecule has 4 nitrogen and oxygen atoms in total. The summed E-state index contributed by atoms with van der Waals surface area (Å²) in [6.45, 7) is 0. The van der Waals surface area contributed by atoms with E-state index in [2.05, 4.69) is 25.9 Å². The maximum Gasteiger partial charge on any atom is 0.337 e. The molecule has 3 aromatic rings. The van der Waals surface area contributed by atoms with Crippen LogP contribution in [-0.4, -0.2) is 21.0 Å². The summed E-state index contributed by atoms with van der Waals surface area (Å²) in [6, 6.07) is 11.2. The highest BCUT2D eigenvalue weighted by Gasteiger charge is 2.07. The lowest BCUT2D eigenvalue weighted by atomic mass is 10.2. The molecule has 0 atom stereocenters. The first kappa shape index (κ1) is 11.9. The highest BCUT2D eigenvalue weighted by atomic mass is 79.9. The van der Waals surface area contributed by atoms with Crippen LogP contribution in [0.1, 0.15) is 10.4 Å². The number of fused-ring (bicyclic) bond motifs is 1. The van der Waals surface area contributed by atoms with E-state index in [1.807, 2.05) is 24.3 Å². The Morgan fingerprint density at radius 1 is 1.21 bits per heavy atom. The fourth-order valence-corrected chi connectivity index (χ4v) is 2.30. The van der Waals surface area contributed by atoms with Gasteiger partial charge in [0.25, 0.3) is 0 Å². The van der Waals surface area contributed by atoms with Crippen molar-refractivity contribution in [2.24, 2.45) is 0 Å². The maximum atomic E-state index is 10.8. The van der Waals surface area contributed by atoms with Crippen LogP contribution in [-0.2, 0) is 0 Å². The molecule has 0 saturated heterocycles. The molecular weight excluding hydrogens is 308 g/mol. The topological polar surface area (TPSA) is 66.0 Å². The van der Waals surface area contributed by atoms with Crippen LogP contribution in [0.4, 0.5) is 0 Å². The first-order valence-electron chi connectivity index (χ1n) is 5.61. The molecule has 19 heavy (non-hydrogen) atoms. The van der Waals surface area contributed by atoms with Gasteiger partial charge >= 0.3 is 5.97 Å². The average molecular weight is 317 g/mol. The van der Waals surface area contributed by atoms with Crippen molar-refractivity contribution < 1.29 is 9.90 Å². The van der Waals surface area contributed by atoms with Gasteiger partial charge in [0.2, 0.25) is 0 Å². The highest BCUT2D eigenvalue weighted by Crippen LogP contribution is 2.25. The molecule has 0 bridgehead atoms. The van der Waals surface area contributed by atoms with Gasteiger partial charge in [-0.05, 0) is 36.4 Å². The SMILES string of the molecule is O=C(O)c1ccc(-c2cc3cc(Br)ccc3[nH]2)nc1. The molecule has 0 aliphatic carbocycles. The van der Waals surface area contributed by atoms with Gasteiger partial charge in [0, 0.05) is 21.6 Å². The van der Waals surface area contributed by atoms with Gasteiger partial charge in [-0.3, -0.25) is 4.98 Å². The van der Waals surface area contributed by atoms with Gasteiger partial charge in [-0.25, -0.2) is 4.79 Å². The van der Waals surface area contributed by atoms with Crippen LogP contribution in [0.15, 0.2) is 47.1 Å². The van der Waals surface area contributed by atoms with Crippen molar-refractivity contribution in [3.05, 3.63) is 52.6 Å². The zero-order valence-corrected chi connectivity index (χ0v) is 11.3. The average Bonchev–Trinajstić information content (AvgIpc) is 2.81. The molecule has 2 aromatic heterocycles. The van der Waals surface area contributed by atoms with E-state index in [1.165, 1.54) is 6.20 Å². The number of halogens is 1. The van der Waals surface area contributed by atoms with E-state index in [0.717, 1.165) is 26.8 Å². The third-order valence-corrected chi connectivity index (χ3v) is 3.36. The van der Waals surface area contributed by atoms with Crippen LogP contribution in [0, 0.1) is 0 Å². The monoisotopic (exact) mass is 316 g/mol. The van der Waals surface area contributed by atoms with Gasteiger partial charge in [-0.15, -0.1) is 0 Å². The first-order valence-corrected chi connectivity index (χ1v) is 6.41. The van der Waals surface area contributed by atoms with E-state index in [0.29, 0.717) is 0 Å². The van der Waals surface area contributed by atoms with Crippen molar-refractivity contribution in [2.45, 2.75) is 0 Å². The third-order valence-electron chi connectivity index (χ3n) is 2.87. The second-order valence-corrected chi connectivity index (χ2v) is 5.07. The molecule has 94 valence electrons. The van der Waals surface area contributed by atoms with Gasteiger partial charge in [-0.1, -0.05) is 15.9 Å². The number of aromatic nitrogens is 2. The fraction of sp³-hybridized carbons (Fsp3) is 0. The smallest absolute Gasteiger partial charge is 0.337 e. The summed E-state index contributed by atoms with van der Waals surface area (Å²) in [6.07, 6.45) is 1.36. The number of benzene rings is 1. The standard InChI is InChI=1S/C14H9BrN2O2/c15-10-2-4-11-9(5-10)6-13(17-11)12-3-1-8(7-16-12)14(18)19/h1-7,17H,(H,18,19). The Morgan fingerprint density at radius 3 is 2.74 bits per heavy atom. The number of hydrogen-bond acceptors (Lipinski definition) is 2. The lowest BCUT2D eigenvalue weighted by Gasteiger charge is -1.97. The predicted molar refractivity (Wildman–Crippen MR) is 76.2 cm³/mol. The molecule has 0 spiro atoms. The molecule has 0 saturated carbocycles. The number of aromatic carboxylic acids is 1. The van der Waals surface area contributed by atoms with E-state index < -0.39 is 5.97 Å². The zero-order chi connectivity index (χ0) is 13.4. The number of H-pyrrole nitrogens is 1. The number of carboxylic acid groups (broad SMARTS) is 1. The summed E-state index contributed by atoms with van der Waals surface area (Å²) in [5.41, 5.74) is 2.78. The molecule has 5 heteroatoms. The van der Waals surface area contributed by atoms with Crippen molar-refractivity contribution in [1.29, 1.82) is 0 Å². The summed E-state index contributed by atoms with van der Waals surface area (Å²) < 4.78 is 1.01. The molecule has 1 aromatic carbocycles. The van der Waals surface area contributed by atoms with Gasteiger partial charge in [0.05, 0.1) is 17.0 Å². The molecule has 3 rings (SSSR count). The molecule has 0 aliphatic heterocycles. The van der Waals surface area contributed by atoms with Gasteiger partial charge in [0.1, 0.15) is 0 Å². The molecule has 0 aliphatic rings. The van der Waals surface area contributed by atoms with Crippen molar-refractivity contribution in [1.82, 2.24) is 9.97 Å². The number of pyridine rings is 1. The normalized spacial score (nSPS) is 10.8. The Morgan fingerprint density at radius 2 is 2.05 bits per heavy atom. The number of carboxylic acids is 1.